The third-order valence-corrected chi connectivity index (χ3v) is 3.25. The number of hydrogen-bond acceptors (Lipinski definition) is 6. The fourth-order valence-corrected chi connectivity index (χ4v) is 2.07. The van der Waals surface area contributed by atoms with Crippen molar-refractivity contribution in [2.24, 2.45) is 0 Å². The van der Waals surface area contributed by atoms with Crippen molar-refractivity contribution in [1.29, 1.82) is 0 Å². The molecule has 0 amide bonds. The monoisotopic (exact) mass is 365 g/mol. The number of halogens is 3. The molecule has 0 saturated heterocycles. The van der Waals surface area contributed by atoms with Gasteiger partial charge < -0.3 is 9.26 Å². The van der Waals surface area contributed by atoms with E-state index in [9.17, 15) is 23.3 Å². The van der Waals surface area contributed by atoms with Gasteiger partial charge in [-0.1, -0.05) is 11.2 Å². The van der Waals surface area contributed by atoms with E-state index in [2.05, 4.69) is 14.9 Å². The molecule has 2 aromatic carbocycles. The molecule has 0 spiro atoms. The third kappa shape index (κ3) is 4.15. The van der Waals surface area contributed by atoms with Gasteiger partial charge in [0.15, 0.2) is 6.61 Å². The van der Waals surface area contributed by atoms with Crippen LogP contribution in [0.1, 0.15) is 0 Å². The number of hydrogen-bond donors (Lipinski definition) is 0. The number of nitro groups is 1. The summed E-state index contributed by atoms with van der Waals surface area (Å²) < 4.78 is 46.5. The minimum absolute atomic E-state index is 0.00918. The van der Waals surface area contributed by atoms with Gasteiger partial charge in [-0.05, 0) is 30.3 Å². The number of rotatable bonds is 5. The van der Waals surface area contributed by atoms with Crippen molar-refractivity contribution in [3.63, 3.8) is 0 Å². The summed E-state index contributed by atoms with van der Waals surface area (Å²) >= 11 is 0. The summed E-state index contributed by atoms with van der Waals surface area (Å²) in [6.45, 7) is -1.41. The molecule has 1 heterocycles. The Bertz CT molecular complexity index is 923. The van der Waals surface area contributed by atoms with Crippen molar-refractivity contribution in [1.82, 2.24) is 10.1 Å². The molecule has 0 radical (unpaired) electrons. The Morgan fingerprint density at radius 1 is 1.12 bits per heavy atom. The average molecular weight is 365 g/mol. The van der Waals surface area contributed by atoms with Gasteiger partial charge >= 0.3 is 6.18 Å². The molecular weight excluding hydrogens is 355 g/mol. The predicted octanol–water partition coefficient (Wildman–Crippen LogP) is 4.25. The van der Waals surface area contributed by atoms with Crippen LogP contribution in [0.3, 0.4) is 0 Å². The lowest BCUT2D eigenvalue weighted by Gasteiger charge is -2.09. The second-order valence-corrected chi connectivity index (χ2v) is 5.16. The number of nitro benzene ring substituents is 1. The highest BCUT2D eigenvalue weighted by atomic mass is 19.4. The second kappa shape index (κ2) is 6.82. The molecular formula is C16H10F3N3O4. The van der Waals surface area contributed by atoms with Gasteiger partial charge in [-0.3, -0.25) is 10.1 Å². The van der Waals surface area contributed by atoms with Crippen LogP contribution in [0.4, 0.5) is 18.9 Å². The van der Waals surface area contributed by atoms with E-state index >= 15 is 0 Å². The van der Waals surface area contributed by atoms with E-state index in [1.54, 1.807) is 6.07 Å². The summed E-state index contributed by atoms with van der Waals surface area (Å²) in [6, 6.07) is 11.3. The van der Waals surface area contributed by atoms with Crippen LogP contribution < -0.4 is 4.74 Å². The standard InChI is InChI=1S/C16H10F3N3O4/c17-16(18,19)9-25-13-3-1-2-11(8-13)15-20-14(21-26-15)10-4-6-12(7-5-10)22(23)24/h1-8H,9H2. The van der Waals surface area contributed by atoms with Gasteiger partial charge in [-0.15, -0.1) is 0 Å². The SMILES string of the molecule is O=[N+]([O-])c1ccc(-c2noc(-c3cccc(OCC(F)(F)F)c3)n2)cc1. The number of benzene rings is 2. The summed E-state index contributed by atoms with van der Waals surface area (Å²) in [5.74, 6) is 0.280. The zero-order valence-electron chi connectivity index (χ0n) is 12.9. The van der Waals surface area contributed by atoms with Crippen molar-refractivity contribution < 1.29 is 27.4 Å². The molecule has 3 aromatic rings. The Kier molecular flexibility index (Phi) is 4.57. The average Bonchev–Trinajstić information content (AvgIpc) is 3.10. The van der Waals surface area contributed by atoms with E-state index in [4.69, 9.17) is 4.52 Å². The molecule has 3 rings (SSSR count). The lowest BCUT2D eigenvalue weighted by atomic mass is 10.2. The topological polar surface area (TPSA) is 91.3 Å². The van der Waals surface area contributed by atoms with Crippen LogP contribution >= 0.6 is 0 Å². The molecule has 0 saturated carbocycles. The summed E-state index contributed by atoms with van der Waals surface area (Å²) in [7, 11) is 0. The van der Waals surface area contributed by atoms with Gasteiger partial charge in [0.05, 0.1) is 4.92 Å². The zero-order valence-corrected chi connectivity index (χ0v) is 12.9. The number of ether oxygens (including phenoxy) is 1. The minimum Gasteiger partial charge on any atom is -0.484 e. The van der Waals surface area contributed by atoms with Gasteiger partial charge in [0, 0.05) is 23.3 Å². The van der Waals surface area contributed by atoms with E-state index in [0.29, 0.717) is 11.1 Å². The second-order valence-electron chi connectivity index (χ2n) is 5.16. The predicted molar refractivity (Wildman–Crippen MR) is 83.4 cm³/mol. The van der Waals surface area contributed by atoms with Crippen LogP contribution in [0.2, 0.25) is 0 Å². The van der Waals surface area contributed by atoms with Crippen molar-refractivity contribution in [3.05, 3.63) is 58.6 Å². The van der Waals surface area contributed by atoms with E-state index in [1.165, 1.54) is 42.5 Å². The maximum Gasteiger partial charge on any atom is 0.422 e. The van der Waals surface area contributed by atoms with Crippen molar-refractivity contribution >= 4 is 5.69 Å². The number of non-ortho nitro benzene ring substituents is 1. The maximum atomic E-state index is 12.2. The lowest BCUT2D eigenvalue weighted by molar-refractivity contribution is -0.384. The third-order valence-electron chi connectivity index (χ3n) is 3.25. The smallest absolute Gasteiger partial charge is 0.422 e. The van der Waals surface area contributed by atoms with Crippen LogP contribution in [-0.2, 0) is 0 Å². The highest BCUT2D eigenvalue weighted by molar-refractivity contribution is 5.61. The Morgan fingerprint density at radius 3 is 2.50 bits per heavy atom. The number of alkyl halides is 3. The molecule has 26 heavy (non-hydrogen) atoms. The lowest BCUT2D eigenvalue weighted by Crippen LogP contribution is -2.19. The van der Waals surface area contributed by atoms with Crippen molar-refractivity contribution in [2.75, 3.05) is 6.61 Å². The van der Waals surface area contributed by atoms with Crippen LogP contribution in [0.15, 0.2) is 53.1 Å². The molecule has 0 aliphatic rings. The highest BCUT2D eigenvalue weighted by Crippen LogP contribution is 2.27. The van der Waals surface area contributed by atoms with E-state index in [0.717, 1.165) is 0 Å². The van der Waals surface area contributed by atoms with Gasteiger partial charge in [-0.25, -0.2) is 0 Å². The molecule has 0 fully saturated rings. The van der Waals surface area contributed by atoms with Gasteiger partial charge in [0.2, 0.25) is 5.82 Å². The largest absolute Gasteiger partial charge is 0.484 e. The van der Waals surface area contributed by atoms with E-state index in [-0.39, 0.29) is 23.2 Å². The summed E-state index contributed by atoms with van der Waals surface area (Å²) in [5.41, 5.74) is 0.799. The fraction of sp³-hybridized carbons (Fsp3) is 0.125. The molecule has 0 N–H and O–H groups in total. The van der Waals surface area contributed by atoms with Gasteiger partial charge in [-0.2, -0.15) is 18.2 Å². The van der Waals surface area contributed by atoms with Crippen LogP contribution in [0, 0.1) is 10.1 Å². The molecule has 1 aromatic heterocycles. The molecule has 134 valence electrons. The zero-order chi connectivity index (χ0) is 18.7. The molecule has 0 aliphatic carbocycles. The van der Waals surface area contributed by atoms with E-state index in [1.807, 2.05) is 0 Å². The Labute approximate surface area is 144 Å². The van der Waals surface area contributed by atoms with Crippen LogP contribution in [0.25, 0.3) is 22.8 Å². The fourth-order valence-electron chi connectivity index (χ4n) is 2.07. The molecule has 0 bridgehead atoms. The van der Waals surface area contributed by atoms with Gasteiger partial charge in [0.25, 0.3) is 11.6 Å². The Balaban J connectivity index is 1.80. The molecule has 0 aliphatic heterocycles. The van der Waals surface area contributed by atoms with Gasteiger partial charge in [0.1, 0.15) is 5.75 Å². The van der Waals surface area contributed by atoms with E-state index < -0.39 is 17.7 Å². The normalized spacial score (nSPS) is 11.3. The molecule has 0 unspecified atom stereocenters. The first-order valence-electron chi connectivity index (χ1n) is 7.20. The first kappa shape index (κ1) is 17.4. The number of nitrogens with zero attached hydrogens (tertiary/aromatic N) is 3. The minimum atomic E-state index is -4.44. The van der Waals surface area contributed by atoms with Crippen molar-refractivity contribution in [3.8, 4) is 28.6 Å². The van der Waals surface area contributed by atoms with Crippen LogP contribution in [0.5, 0.6) is 5.75 Å². The summed E-state index contributed by atoms with van der Waals surface area (Å²) in [5, 5.41) is 14.4. The van der Waals surface area contributed by atoms with Crippen molar-refractivity contribution in [2.45, 2.75) is 6.18 Å². The Morgan fingerprint density at radius 2 is 1.85 bits per heavy atom. The highest BCUT2D eigenvalue weighted by Gasteiger charge is 2.28. The first-order chi connectivity index (χ1) is 12.3. The quantitative estimate of drug-likeness (QED) is 0.496. The molecule has 0 atom stereocenters. The summed E-state index contributed by atoms with van der Waals surface area (Å²) in [4.78, 5) is 14.3. The summed E-state index contributed by atoms with van der Waals surface area (Å²) in [6.07, 6.45) is -4.44. The maximum absolute atomic E-state index is 12.2. The number of aromatic nitrogens is 2. The molecule has 7 nitrogen and oxygen atoms in total. The van der Waals surface area contributed by atoms with Crippen LogP contribution in [-0.4, -0.2) is 27.8 Å². The first-order valence-corrected chi connectivity index (χ1v) is 7.20. The molecule has 10 heteroatoms. The Hall–Kier alpha value is -3.43.